The highest BCUT2D eigenvalue weighted by Gasteiger charge is 2.22. The smallest absolute Gasteiger partial charge is 0.258 e. The van der Waals surface area contributed by atoms with Crippen LogP contribution in [-0.2, 0) is 9.59 Å². The summed E-state index contributed by atoms with van der Waals surface area (Å²) >= 11 is 5.63. The molecule has 3 rings (SSSR count). The van der Waals surface area contributed by atoms with E-state index < -0.39 is 5.82 Å². The van der Waals surface area contributed by atoms with Crippen molar-refractivity contribution in [1.29, 1.82) is 0 Å². The Morgan fingerprint density at radius 1 is 1.09 bits per heavy atom. The van der Waals surface area contributed by atoms with Gasteiger partial charge in [-0.25, -0.2) is 4.39 Å². The number of nitrogens with one attached hydrogen (secondary N) is 1. The molecule has 2 aromatic rings. The summed E-state index contributed by atoms with van der Waals surface area (Å²) in [7, 11) is 0. The highest BCUT2D eigenvalue weighted by atomic mass is 35.5. The van der Waals surface area contributed by atoms with Crippen LogP contribution in [0.25, 0.3) is 0 Å². The van der Waals surface area contributed by atoms with Crippen LogP contribution in [0, 0.1) is 18.2 Å². The van der Waals surface area contributed by atoms with Crippen LogP contribution in [0.2, 0.25) is 5.02 Å². The van der Waals surface area contributed by atoms with Gasteiger partial charge in [0.05, 0.1) is 11.6 Å². The molecule has 1 aliphatic rings. The van der Waals surface area contributed by atoms with E-state index in [4.69, 9.17) is 27.5 Å². The van der Waals surface area contributed by atoms with Crippen molar-refractivity contribution in [2.45, 2.75) is 18.9 Å². The highest BCUT2D eigenvalue weighted by molar-refractivity contribution is 6.30. The largest absolute Gasteiger partial charge is 0.486 e. The maximum Gasteiger partial charge on any atom is 0.258 e. The van der Waals surface area contributed by atoms with Crippen molar-refractivity contribution in [1.82, 2.24) is 10.2 Å². The van der Waals surface area contributed by atoms with Gasteiger partial charge in [-0.2, -0.15) is 0 Å². The van der Waals surface area contributed by atoms with E-state index in [9.17, 15) is 14.0 Å². The topological polar surface area (TPSA) is 67.9 Å². The molecule has 0 radical (unpaired) electrons. The highest BCUT2D eigenvalue weighted by Crippen LogP contribution is 2.20. The second kappa shape index (κ2) is 11.5. The summed E-state index contributed by atoms with van der Waals surface area (Å²) in [6.07, 6.45) is 6.78. The Bertz CT molecular complexity index is 982. The summed E-state index contributed by atoms with van der Waals surface area (Å²) < 4.78 is 24.2. The Morgan fingerprint density at radius 3 is 2.41 bits per heavy atom. The van der Waals surface area contributed by atoms with Crippen LogP contribution in [0.5, 0.6) is 11.5 Å². The molecule has 1 fully saturated rings. The van der Waals surface area contributed by atoms with Gasteiger partial charge in [0.2, 0.25) is 0 Å². The lowest BCUT2D eigenvalue weighted by Crippen LogP contribution is -2.47. The number of carbonyl (C=O) groups is 2. The van der Waals surface area contributed by atoms with Crippen molar-refractivity contribution in [3.63, 3.8) is 0 Å². The average Bonchev–Trinajstić information content (AvgIpc) is 2.80. The van der Waals surface area contributed by atoms with Crippen LogP contribution < -0.4 is 14.8 Å². The number of carbonyl (C=O) groups excluding carboxylic acids is 2. The van der Waals surface area contributed by atoms with Crippen molar-refractivity contribution in [3.8, 4) is 23.8 Å². The predicted octanol–water partition coefficient (Wildman–Crippen LogP) is 3.07. The van der Waals surface area contributed by atoms with E-state index in [1.54, 1.807) is 24.3 Å². The van der Waals surface area contributed by atoms with E-state index in [1.807, 2.05) is 4.90 Å². The molecule has 168 valence electrons. The standard InChI is InChI=1S/C24H24ClFN2O4/c1-2-17-3-5-20(6-4-17)32-16-24(30)27-18-9-11-28(12-10-18)14-19(29)15-31-21-7-8-22(25)23(26)13-21/h1,3-8,13,18H,9-12,14-16H2,(H,27,30). The SMILES string of the molecule is C#Cc1ccc(OCC(=O)NC2CCN(CC(=O)COc3ccc(Cl)c(F)c3)CC2)cc1. The van der Waals surface area contributed by atoms with Crippen molar-refractivity contribution < 1.29 is 23.5 Å². The maximum absolute atomic E-state index is 13.4. The van der Waals surface area contributed by atoms with Crippen molar-refractivity contribution in [3.05, 3.63) is 58.9 Å². The number of terminal acetylenes is 1. The molecule has 0 bridgehead atoms. The minimum Gasteiger partial charge on any atom is -0.486 e. The molecule has 0 atom stereocenters. The number of ketones is 1. The molecule has 0 saturated carbocycles. The third kappa shape index (κ3) is 7.26. The van der Waals surface area contributed by atoms with Gasteiger partial charge in [-0.05, 0) is 49.2 Å². The van der Waals surface area contributed by atoms with Crippen LogP contribution in [0.3, 0.4) is 0 Å². The monoisotopic (exact) mass is 458 g/mol. The predicted molar refractivity (Wildman–Crippen MR) is 119 cm³/mol. The summed E-state index contributed by atoms with van der Waals surface area (Å²) in [5.74, 6) is 2.48. The molecule has 1 aliphatic heterocycles. The first kappa shape index (κ1) is 23.6. The van der Waals surface area contributed by atoms with Gasteiger partial charge in [-0.3, -0.25) is 14.5 Å². The molecule has 0 aromatic heterocycles. The van der Waals surface area contributed by atoms with E-state index >= 15 is 0 Å². The number of rotatable bonds is 9. The molecule has 8 heteroatoms. The number of hydrogen-bond donors (Lipinski definition) is 1. The first-order valence-electron chi connectivity index (χ1n) is 10.2. The lowest BCUT2D eigenvalue weighted by Gasteiger charge is -2.31. The molecule has 0 unspecified atom stereocenters. The van der Waals surface area contributed by atoms with Gasteiger partial charge in [-0.1, -0.05) is 17.5 Å². The number of Topliss-reactive ketones (excluding diaryl/α,β-unsaturated/α-hetero) is 1. The van der Waals surface area contributed by atoms with Crippen LogP contribution in [0.1, 0.15) is 18.4 Å². The Morgan fingerprint density at radius 2 is 1.75 bits per heavy atom. The minimum absolute atomic E-state index is 0.00363. The molecule has 1 heterocycles. The van der Waals surface area contributed by atoms with Crippen LogP contribution in [0.15, 0.2) is 42.5 Å². The summed E-state index contributed by atoms with van der Waals surface area (Å²) in [4.78, 5) is 26.3. The Balaban J connectivity index is 1.32. The Hall–Kier alpha value is -3.08. The van der Waals surface area contributed by atoms with Crippen LogP contribution in [0.4, 0.5) is 4.39 Å². The molecular formula is C24H24ClFN2O4. The quantitative estimate of drug-likeness (QED) is 0.585. The number of piperidine rings is 1. The number of hydrogen-bond acceptors (Lipinski definition) is 5. The minimum atomic E-state index is -0.590. The third-order valence-corrected chi connectivity index (χ3v) is 5.34. The zero-order valence-corrected chi connectivity index (χ0v) is 18.2. The lowest BCUT2D eigenvalue weighted by molar-refractivity contribution is -0.125. The molecule has 2 aromatic carbocycles. The lowest BCUT2D eigenvalue weighted by atomic mass is 10.0. The molecule has 0 spiro atoms. The van der Waals surface area contributed by atoms with E-state index in [0.717, 1.165) is 24.5 Å². The first-order valence-corrected chi connectivity index (χ1v) is 10.6. The van der Waals surface area contributed by atoms with Gasteiger partial charge in [0.1, 0.15) is 23.9 Å². The molecular weight excluding hydrogens is 435 g/mol. The molecule has 6 nitrogen and oxygen atoms in total. The molecule has 32 heavy (non-hydrogen) atoms. The number of halogens is 2. The number of likely N-dealkylation sites (tertiary alicyclic amines) is 1. The van der Waals surface area contributed by atoms with Gasteiger partial charge >= 0.3 is 0 Å². The Labute approximate surface area is 191 Å². The number of amides is 1. The fraction of sp³-hybridized carbons (Fsp3) is 0.333. The van der Waals surface area contributed by atoms with Gasteiger partial charge in [0.15, 0.2) is 12.4 Å². The average molecular weight is 459 g/mol. The van der Waals surface area contributed by atoms with Crippen LogP contribution in [-0.4, -0.2) is 55.5 Å². The fourth-order valence-corrected chi connectivity index (χ4v) is 3.44. The van der Waals surface area contributed by atoms with E-state index in [-0.39, 0.29) is 48.3 Å². The number of ether oxygens (including phenoxy) is 2. The normalized spacial score (nSPS) is 14.4. The van der Waals surface area contributed by atoms with Crippen LogP contribution >= 0.6 is 11.6 Å². The molecule has 1 amide bonds. The summed E-state index contributed by atoms with van der Waals surface area (Å²) in [5.41, 5.74) is 0.748. The fourth-order valence-electron chi connectivity index (χ4n) is 3.33. The van der Waals surface area contributed by atoms with Gasteiger partial charge in [-0.15, -0.1) is 6.42 Å². The summed E-state index contributed by atoms with van der Waals surface area (Å²) in [6, 6.07) is 11.1. The number of nitrogens with zero attached hydrogens (tertiary/aromatic N) is 1. The third-order valence-electron chi connectivity index (χ3n) is 5.03. The molecule has 1 N–H and O–H groups in total. The zero-order chi connectivity index (χ0) is 22.9. The zero-order valence-electron chi connectivity index (χ0n) is 17.5. The van der Waals surface area contributed by atoms with E-state index in [1.165, 1.54) is 12.1 Å². The maximum atomic E-state index is 13.4. The molecule has 0 aliphatic carbocycles. The summed E-state index contributed by atoms with van der Waals surface area (Å²) in [5, 5.41) is 2.97. The second-order valence-corrected chi connectivity index (χ2v) is 7.89. The first-order chi connectivity index (χ1) is 15.4. The van der Waals surface area contributed by atoms with E-state index in [0.29, 0.717) is 18.8 Å². The van der Waals surface area contributed by atoms with Crippen molar-refractivity contribution >= 4 is 23.3 Å². The number of benzene rings is 2. The van der Waals surface area contributed by atoms with Crippen molar-refractivity contribution in [2.75, 3.05) is 32.8 Å². The van der Waals surface area contributed by atoms with Crippen molar-refractivity contribution in [2.24, 2.45) is 0 Å². The van der Waals surface area contributed by atoms with Gasteiger partial charge in [0.25, 0.3) is 5.91 Å². The second-order valence-electron chi connectivity index (χ2n) is 7.48. The molecule has 1 saturated heterocycles. The summed E-state index contributed by atoms with van der Waals surface area (Å²) in [6.45, 7) is 1.39. The van der Waals surface area contributed by atoms with Gasteiger partial charge < -0.3 is 14.8 Å². The van der Waals surface area contributed by atoms with E-state index in [2.05, 4.69) is 11.2 Å². The Kier molecular flexibility index (Phi) is 8.48. The van der Waals surface area contributed by atoms with Gasteiger partial charge in [0, 0.05) is 30.8 Å².